The number of rotatable bonds is 6. The van der Waals surface area contributed by atoms with Crippen molar-refractivity contribution < 1.29 is 13.6 Å². The van der Waals surface area contributed by atoms with Gasteiger partial charge in [0.05, 0.1) is 10.5 Å². The molecule has 1 aromatic heterocycles. The zero-order valence-electron chi connectivity index (χ0n) is 22.1. The van der Waals surface area contributed by atoms with Crippen LogP contribution >= 0.6 is 23.8 Å². The second kappa shape index (κ2) is 11.1. The van der Waals surface area contributed by atoms with Gasteiger partial charge in [-0.15, -0.1) is 0 Å². The fourth-order valence-electron chi connectivity index (χ4n) is 6.48. The number of benzene rings is 2. The molecule has 9 heteroatoms. The van der Waals surface area contributed by atoms with Crippen LogP contribution in [0.1, 0.15) is 62.6 Å². The van der Waals surface area contributed by atoms with E-state index in [1.807, 2.05) is 47.2 Å². The summed E-state index contributed by atoms with van der Waals surface area (Å²) in [6.07, 6.45) is 6.03. The van der Waals surface area contributed by atoms with Crippen LogP contribution in [0.2, 0.25) is 5.02 Å². The minimum Gasteiger partial charge on any atom is -0.389 e. The Morgan fingerprint density at radius 1 is 1.23 bits per heavy atom. The number of thiocarbonyl (C=S) groups is 1. The molecule has 0 radical (unpaired) electrons. The van der Waals surface area contributed by atoms with Crippen molar-refractivity contribution in [2.24, 2.45) is 17.1 Å². The van der Waals surface area contributed by atoms with E-state index >= 15 is 0 Å². The Hall–Kier alpha value is -2.55. The SMILES string of the molecule is CC1CC2(CNC2)C1.NC(=S)c1cccc(-c2cn(C3CCC(F)(F)CC3)c3c(Cl)c(CNC=O)ccc23)c1. The summed E-state index contributed by atoms with van der Waals surface area (Å²) in [5, 5.41) is 7.39. The maximum absolute atomic E-state index is 13.8. The third kappa shape index (κ3) is 5.83. The Morgan fingerprint density at radius 3 is 2.51 bits per heavy atom. The zero-order valence-corrected chi connectivity index (χ0v) is 23.7. The van der Waals surface area contributed by atoms with E-state index in [4.69, 9.17) is 29.6 Å². The number of nitrogens with zero attached hydrogens (tertiary/aromatic N) is 1. The van der Waals surface area contributed by atoms with Crippen LogP contribution in [0.15, 0.2) is 42.6 Å². The molecule has 208 valence electrons. The molecule has 0 unspecified atom stereocenters. The normalized spacial score (nSPS) is 20.0. The van der Waals surface area contributed by atoms with Gasteiger partial charge in [0.25, 0.3) is 0 Å². The van der Waals surface area contributed by atoms with Crippen LogP contribution in [-0.2, 0) is 11.3 Å². The molecule has 1 spiro atoms. The average Bonchev–Trinajstić information content (AvgIpc) is 3.26. The first-order valence-electron chi connectivity index (χ1n) is 13.6. The van der Waals surface area contributed by atoms with Gasteiger partial charge in [-0.3, -0.25) is 4.79 Å². The fraction of sp³-hybridized carbons (Fsp3) is 0.467. The molecule has 1 saturated heterocycles. The van der Waals surface area contributed by atoms with Gasteiger partial charge < -0.3 is 20.9 Å². The highest BCUT2D eigenvalue weighted by Crippen LogP contribution is 2.48. The van der Waals surface area contributed by atoms with Gasteiger partial charge in [0, 0.05) is 61.2 Å². The smallest absolute Gasteiger partial charge is 0.248 e. The lowest BCUT2D eigenvalue weighted by Gasteiger charge is -2.53. The number of amides is 1. The number of halogens is 3. The van der Waals surface area contributed by atoms with Crippen molar-refractivity contribution >= 4 is 46.1 Å². The largest absolute Gasteiger partial charge is 0.389 e. The number of nitrogens with one attached hydrogen (secondary N) is 2. The van der Waals surface area contributed by atoms with Crippen LogP contribution in [0, 0.1) is 11.3 Å². The standard InChI is InChI=1S/C23H22ClF2N3OS.C7H13N/c24-20-16(11-28-13-30)4-5-18-19(14-2-1-3-15(10-14)22(27)31)12-29(21(18)20)17-6-8-23(25,26)9-7-17;1-6-2-7(3-6)4-8-5-7/h1-5,10,12-13,17H,6-9,11H2,(H2,27,31)(H,28,30);6,8H,2-5H2,1H3. The summed E-state index contributed by atoms with van der Waals surface area (Å²) < 4.78 is 29.6. The highest BCUT2D eigenvalue weighted by molar-refractivity contribution is 7.80. The Bertz CT molecular complexity index is 1370. The molecule has 2 aliphatic carbocycles. The maximum Gasteiger partial charge on any atom is 0.248 e. The Kier molecular flexibility index (Phi) is 8.00. The van der Waals surface area contributed by atoms with Crippen molar-refractivity contribution in [3.63, 3.8) is 0 Å². The van der Waals surface area contributed by atoms with E-state index < -0.39 is 5.92 Å². The van der Waals surface area contributed by atoms with E-state index in [0.29, 0.717) is 35.8 Å². The predicted molar refractivity (Wildman–Crippen MR) is 157 cm³/mol. The number of hydrogen-bond donors (Lipinski definition) is 3. The van der Waals surface area contributed by atoms with Gasteiger partial charge in [-0.05, 0) is 54.2 Å². The van der Waals surface area contributed by atoms with E-state index in [9.17, 15) is 13.6 Å². The minimum absolute atomic E-state index is 0.0820. The topological polar surface area (TPSA) is 72.1 Å². The molecular weight excluding hydrogens is 538 g/mol. The minimum atomic E-state index is -2.61. The van der Waals surface area contributed by atoms with Crippen LogP contribution in [0.3, 0.4) is 0 Å². The molecule has 4 N–H and O–H groups in total. The van der Waals surface area contributed by atoms with Crippen LogP contribution in [0.4, 0.5) is 8.78 Å². The molecule has 1 amide bonds. The number of hydrogen-bond acceptors (Lipinski definition) is 3. The molecule has 2 heterocycles. The number of nitrogens with two attached hydrogens (primary N) is 1. The van der Waals surface area contributed by atoms with Gasteiger partial charge in [-0.2, -0.15) is 0 Å². The summed E-state index contributed by atoms with van der Waals surface area (Å²) in [6.45, 7) is 5.25. The van der Waals surface area contributed by atoms with Gasteiger partial charge in [0.15, 0.2) is 0 Å². The van der Waals surface area contributed by atoms with Gasteiger partial charge in [0.1, 0.15) is 4.99 Å². The van der Waals surface area contributed by atoms with Crippen LogP contribution in [0.25, 0.3) is 22.0 Å². The summed E-state index contributed by atoms with van der Waals surface area (Å²) in [7, 11) is 0. The van der Waals surface area contributed by atoms with Crippen LogP contribution < -0.4 is 16.4 Å². The van der Waals surface area contributed by atoms with E-state index in [0.717, 1.165) is 44.5 Å². The third-order valence-electron chi connectivity index (χ3n) is 8.49. The number of aromatic nitrogens is 1. The highest BCUT2D eigenvalue weighted by Gasteiger charge is 2.46. The van der Waals surface area contributed by atoms with Crippen molar-refractivity contribution in [2.75, 3.05) is 13.1 Å². The molecule has 6 rings (SSSR count). The van der Waals surface area contributed by atoms with Crippen molar-refractivity contribution in [3.05, 3.63) is 58.7 Å². The summed E-state index contributed by atoms with van der Waals surface area (Å²) in [6, 6.07) is 11.4. The first-order chi connectivity index (χ1) is 18.6. The monoisotopic (exact) mass is 572 g/mol. The molecule has 39 heavy (non-hydrogen) atoms. The lowest BCUT2D eigenvalue weighted by Crippen LogP contribution is -2.59. The molecule has 3 aromatic rings. The van der Waals surface area contributed by atoms with E-state index in [-0.39, 0.29) is 18.9 Å². The molecule has 2 saturated carbocycles. The molecule has 1 aliphatic heterocycles. The van der Waals surface area contributed by atoms with E-state index in [1.54, 1.807) is 0 Å². The summed E-state index contributed by atoms with van der Waals surface area (Å²) in [5.74, 6) is -1.59. The first-order valence-corrected chi connectivity index (χ1v) is 14.4. The Labute approximate surface area is 238 Å². The molecule has 2 aromatic carbocycles. The second-order valence-electron chi connectivity index (χ2n) is 11.5. The summed E-state index contributed by atoms with van der Waals surface area (Å²) in [4.78, 5) is 11.1. The van der Waals surface area contributed by atoms with E-state index in [1.165, 1.54) is 25.9 Å². The van der Waals surface area contributed by atoms with Crippen molar-refractivity contribution in [2.45, 2.75) is 64.0 Å². The molecule has 3 aliphatic rings. The third-order valence-corrected chi connectivity index (χ3v) is 9.15. The van der Waals surface area contributed by atoms with Crippen LogP contribution in [-0.4, -0.2) is 35.0 Å². The van der Waals surface area contributed by atoms with Crippen molar-refractivity contribution in [1.29, 1.82) is 0 Å². The summed E-state index contributed by atoms with van der Waals surface area (Å²) in [5.41, 5.74) is 10.8. The quantitative estimate of drug-likeness (QED) is 0.230. The number of carbonyl (C=O) groups excluding carboxylic acids is 1. The maximum atomic E-state index is 13.8. The van der Waals surface area contributed by atoms with Gasteiger partial charge in [-0.25, -0.2) is 8.78 Å². The molecule has 0 atom stereocenters. The van der Waals surface area contributed by atoms with Crippen LogP contribution in [0.5, 0.6) is 0 Å². The van der Waals surface area contributed by atoms with Crippen molar-refractivity contribution in [3.8, 4) is 11.1 Å². The number of alkyl halides is 2. The average molecular weight is 573 g/mol. The Morgan fingerprint density at radius 2 is 1.95 bits per heavy atom. The molecule has 3 fully saturated rings. The lowest BCUT2D eigenvalue weighted by molar-refractivity contribution is -0.109. The van der Waals surface area contributed by atoms with Gasteiger partial charge in [0.2, 0.25) is 12.3 Å². The van der Waals surface area contributed by atoms with Gasteiger partial charge >= 0.3 is 0 Å². The second-order valence-corrected chi connectivity index (χ2v) is 12.4. The predicted octanol–water partition coefficient (Wildman–Crippen LogP) is 6.60. The Balaban J connectivity index is 0.000000325. The zero-order chi connectivity index (χ0) is 27.8. The van der Waals surface area contributed by atoms with E-state index in [2.05, 4.69) is 17.6 Å². The fourth-order valence-corrected chi connectivity index (χ4v) is 6.94. The molecular formula is C30H35ClF2N4OS. The van der Waals surface area contributed by atoms with Crippen molar-refractivity contribution in [1.82, 2.24) is 15.2 Å². The lowest BCUT2D eigenvalue weighted by atomic mass is 9.59. The highest BCUT2D eigenvalue weighted by atomic mass is 35.5. The first kappa shape index (κ1) is 28.0. The number of carbonyl (C=O) groups is 1. The number of fused-ring (bicyclic) bond motifs is 1. The van der Waals surface area contributed by atoms with Gasteiger partial charge in [-0.1, -0.05) is 61.1 Å². The summed E-state index contributed by atoms with van der Waals surface area (Å²) >= 11 is 11.9. The molecule has 5 nitrogen and oxygen atoms in total. The molecule has 0 bridgehead atoms.